The van der Waals surface area contributed by atoms with E-state index >= 15 is 0 Å². The van der Waals surface area contributed by atoms with Crippen molar-refractivity contribution in [1.82, 2.24) is 4.40 Å². The average Bonchev–Trinajstić information content (AvgIpc) is 3.75. The predicted octanol–water partition coefficient (Wildman–Crippen LogP) is 14.4. The third-order valence-electron chi connectivity index (χ3n) is 15.4. The van der Waals surface area contributed by atoms with Crippen molar-refractivity contribution in [2.24, 2.45) is 0 Å². The van der Waals surface area contributed by atoms with E-state index in [-0.39, 0.29) is 10.8 Å². The fraction of sp³-hybridized carbons (Fsp3) is 0.385. The fourth-order valence-corrected chi connectivity index (χ4v) is 12.8. The molecule has 8 aliphatic rings. The van der Waals surface area contributed by atoms with Crippen LogP contribution in [0.2, 0.25) is 0 Å². The first kappa shape index (κ1) is 33.3. The second-order valence-electron chi connectivity index (χ2n) is 20.5. The van der Waals surface area contributed by atoms with E-state index in [9.17, 15) is 10.5 Å². The summed E-state index contributed by atoms with van der Waals surface area (Å²) < 4.78 is 17.3. The zero-order valence-corrected chi connectivity index (χ0v) is 34.2. The van der Waals surface area contributed by atoms with Gasteiger partial charge in [-0.15, -0.1) is 0 Å². The fourth-order valence-electron chi connectivity index (χ4n) is 12.8. The maximum atomic E-state index is 10.9. The highest BCUT2D eigenvalue weighted by atomic mass is 16.5. The molecule has 2 saturated carbocycles. The number of ether oxygens (including phenoxy) is 2. The van der Waals surface area contributed by atoms with Crippen LogP contribution in [0.1, 0.15) is 161 Å². The molecule has 0 saturated heterocycles. The van der Waals surface area contributed by atoms with Crippen molar-refractivity contribution in [3.8, 4) is 35.1 Å². The molecule has 6 heteroatoms. The summed E-state index contributed by atoms with van der Waals surface area (Å²) in [6.45, 7) is 13.6. The van der Waals surface area contributed by atoms with Crippen LogP contribution in [0.4, 0.5) is 17.1 Å². The van der Waals surface area contributed by atoms with E-state index in [1.54, 1.807) is 0 Å². The second kappa shape index (κ2) is 10.7. The highest BCUT2D eigenvalue weighted by Crippen LogP contribution is 2.68. The van der Waals surface area contributed by atoms with Gasteiger partial charge in [0, 0.05) is 10.8 Å². The molecule has 5 aromatic carbocycles. The Hall–Kier alpha value is -5.72. The van der Waals surface area contributed by atoms with Gasteiger partial charge in [-0.1, -0.05) is 53.7 Å². The van der Waals surface area contributed by atoms with Gasteiger partial charge in [0.15, 0.2) is 23.0 Å². The maximum Gasteiger partial charge on any atom is 0.165 e. The summed E-state index contributed by atoms with van der Waals surface area (Å²) in [6, 6.07) is 23.3. The molecule has 15 rings (SSSR count). The molecule has 0 unspecified atom stereocenters. The molecule has 0 N–H and O–H groups in total. The molecular weight excluding hydrogens is 713 g/mol. The summed E-state index contributed by atoms with van der Waals surface area (Å²) in [7, 11) is 0. The van der Waals surface area contributed by atoms with Crippen molar-refractivity contribution in [2.75, 3.05) is 4.90 Å². The van der Waals surface area contributed by atoms with Gasteiger partial charge in [0.05, 0.1) is 62.0 Å². The van der Waals surface area contributed by atoms with Crippen LogP contribution in [0, 0.1) is 22.7 Å². The van der Waals surface area contributed by atoms with Gasteiger partial charge >= 0.3 is 0 Å². The summed E-state index contributed by atoms with van der Waals surface area (Å²) in [6.07, 6.45) is 9.13. The molecule has 58 heavy (non-hydrogen) atoms. The SMILES string of the molecule is CC(C)(C)c1ccc2c(c1)Oc1c3c(c4c5c6c(c(C#N)cc5n5c7cc(C#N)c8c(c7c1c45)C1CCC8CC1)C1CCC6CC1)Oc1cc(C(C)(C)C)ccc1N23. The van der Waals surface area contributed by atoms with E-state index < -0.39 is 0 Å². The largest absolute Gasteiger partial charge is 0.452 e. The Balaban J connectivity index is 1.28. The summed E-state index contributed by atoms with van der Waals surface area (Å²) in [5.41, 5.74) is 15.4. The number of fused-ring (bicyclic) bond motifs is 16. The van der Waals surface area contributed by atoms with Crippen molar-refractivity contribution in [3.05, 3.63) is 93.0 Å². The normalized spacial score (nSPS) is 22.3. The number of anilines is 3. The van der Waals surface area contributed by atoms with Gasteiger partial charge in [0.1, 0.15) is 5.69 Å². The molecule has 286 valence electrons. The molecule has 4 heterocycles. The lowest BCUT2D eigenvalue weighted by atomic mass is 9.64. The van der Waals surface area contributed by atoms with Gasteiger partial charge < -0.3 is 13.9 Å². The van der Waals surface area contributed by atoms with Crippen LogP contribution in [-0.4, -0.2) is 4.40 Å². The summed E-state index contributed by atoms with van der Waals surface area (Å²) in [4.78, 5) is 2.43. The van der Waals surface area contributed by atoms with Crippen LogP contribution in [0.15, 0.2) is 48.5 Å². The predicted molar refractivity (Wildman–Crippen MR) is 231 cm³/mol. The minimum atomic E-state index is -0.0724. The topological polar surface area (TPSA) is 73.7 Å². The lowest BCUT2D eigenvalue weighted by molar-refractivity contribution is 0.360. The van der Waals surface area contributed by atoms with Crippen molar-refractivity contribution < 1.29 is 9.47 Å². The van der Waals surface area contributed by atoms with Crippen LogP contribution < -0.4 is 14.4 Å². The Morgan fingerprint density at radius 3 is 1.31 bits per heavy atom. The van der Waals surface area contributed by atoms with Gasteiger partial charge in [0.2, 0.25) is 0 Å². The highest BCUT2D eigenvalue weighted by molar-refractivity contribution is 6.32. The Labute approximate surface area is 338 Å². The maximum absolute atomic E-state index is 10.9. The molecule has 2 fully saturated rings. The Morgan fingerprint density at radius 2 is 0.931 bits per heavy atom. The lowest BCUT2D eigenvalue weighted by Gasteiger charge is -2.41. The molecule has 7 aromatic rings. The third-order valence-corrected chi connectivity index (χ3v) is 15.4. The molecule has 2 aliphatic heterocycles. The van der Waals surface area contributed by atoms with E-state index in [0.29, 0.717) is 23.7 Å². The van der Waals surface area contributed by atoms with E-state index in [1.165, 1.54) is 44.2 Å². The Morgan fingerprint density at radius 1 is 0.534 bits per heavy atom. The Kier molecular flexibility index (Phi) is 6.12. The van der Waals surface area contributed by atoms with Gasteiger partial charge in [-0.05, 0) is 156 Å². The van der Waals surface area contributed by atoms with Crippen LogP contribution in [0.25, 0.3) is 38.1 Å². The number of nitriles is 2. The van der Waals surface area contributed by atoms with Crippen LogP contribution in [0.5, 0.6) is 23.0 Å². The molecule has 2 aromatic heterocycles. The van der Waals surface area contributed by atoms with Gasteiger partial charge in [-0.25, -0.2) is 0 Å². The lowest BCUT2D eigenvalue weighted by Crippen LogP contribution is -2.24. The number of rotatable bonds is 0. The molecule has 0 radical (unpaired) electrons. The van der Waals surface area contributed by atoms with E-state index in [1.807, 2.05) is 0 Å². The van der Waals surface area contributed by atoms with Crippen LogP contribution >= 0.6 is 0 Å². The Bertz CT molecular complexity index is 2940. The number of hydrogen-bond acceptors (Lipinski definition) is 5. The van der Waals surface area contributed by atoms with E-state index in [4.69, 9.17) is 9.47 Å². The zero-order valence-electron chi connectivity index (χ0n) is 34.2. The zero-order chi connectivity index (χ0) is 39.3. The molecule has 0 amide bonds. The van der Waals surface area contributed by atoms with Crippen molar-refractivity contribution in [1.29, 1.82) is 10.5 Å². The molecule has 0 spiro atoms. The summed E-state index contributed by atoms with van der Waals surface area (Å²) in [5.74, 6) is 4.93. The first-order valence-electron chi connectivity index (χ1n) is 21.7. The number of aromatic nitrogens is 1. The third kappa shape index (κ3) is 3.93. The minimum absolute atomic E-state index is 0.0724. The highest BCUT2D eigenvalue weighted by Gasteiger charge is 2.46. The smallest absolute Gasteiger partial charge is 0.165 e. The quantitative estimate of drug-likeness (QED) is 0.154. The van der Waals surface area contributed by atoms with Crippen molar-refractivity contribution in [3.63, 3.8) is 0 Å². The van der Waals surface area contributed by atoms with Gasteiger partial charge in [-0.3, -0.25) is 4.90 Å². The first-order chi connectivity index (χ1) is 27.9. The van der Waals surface area contributed by atoms with Crippen molar-refractivity contribution in [2.45, 2.75) is 127 Å². The van der Waals surface area contributed by atoms with Crippen LogP contribution in [-0.2, 0) is 10.8 Å². The molecule has 6 aliphatic carbocycles. The van der Waals surface area contributed by atoms with E-state index in [0.717, 1.165) is 130 Å². The van der Waals surface area contributed by atoms with E-state index in [2.05, 4.69) is 112 Å². The standard InChI is InChI=1S/C52H46N4O2/c1-51(2,3)31-15-17-33-37(21-31)57-49-45-43-35(19-29(23-53)39-25-7-11-27(12-8-25)41(39)43)56-36-20-30(24-54)40-26-9-13-28(14-10-26)42(40)44(36)46(47(45)56)50-48(49)55(33)34-18-16-32(52(4,5)6)22-38(34)58-50/h15-22,25-28H,7-14H2,1-6H3. The van der Waals surface area contributed by atoms with Crippen molar-refractivity contribution >= 4 is 55.2 Å². The second-order valence-corrected chi connectivity index (χ2v) is 20.5. The first-order valence-corrected chi connectivity index (χ1v) is 21.7. The summed E-state index contributed by atoms with van der Waals surface area (Å²) in [5, 5.41) is 26.5. The van der Waals surface area contributed by atoms with Gasteiger partial charge in [-0.2, -0.15) is 10.5 Å². The minimum Gasteiger partial charge on any atom is -0.452 e. The molecule has 0 atom stereocenters. The monoisotopic (exact) mass is 758 g/mol. The molecule has 6 nitrogen and oxygen atoms in total. The number of benzene rings is 5. The molecule has 4 bridgehead atoms. The number of nitrogens with zero attached hydrogens (tertiary/aromatic N) is 4. The number of hydrogen-bond donors (Lipinski definition) is 0. The summed E-state index contributed by atoms with van der Waals surface area (Å²) >= 11 is 0. The van der Waals surface area contributed by atoms with Gasteiger partial charge in [0.25, 0.3) is 0 Å². The molecular formula is C52H46N4O2. The average molecular weight is 759 g/mol. The van der Waals surface area contributed by atoms with Crippen LogP contribution in [0.3, 0.4) is 0 Å².